The lowest BCUT2D eigenvalue weighted by Gasteiger charge is -2.35. The van der Waals surface area contributed by atoms with Crippen LogP contribution in [0.3, 0.4) is 0 Å². The van der Waals surface area contributed by atoms with Crippen molar-refractivity contribution in [2.75, 3.05) is 32.5 Å². The van der Waals surface area contributed by atoms with Crippen molar-refractivity contribution in [3.8, 4) is 5.75 Å². The Morgan fingerprint density at radius 3 is 2.90 bits per heavy atom. The van der Waals surface area contributed by atoms with Crippen molar-refractivity contribution in [1.82, 2.24) is 10.2 Å². The number of likely N-dealkylation sites (tertiary alicyclic amines) is 1. The van der Waals surface area contributed by atoms with Crippen molar-refractivity contribution in [3.63, 3.8) is 0 Å². The van der Waals surface area contributed by atoms with Crippen molar-refractivity contribution in [2.24, 2.45) is 5.92 Å². The van der Waals surface area contributed by atoms with Crippen LogP contribution in [0, 0.1) is 5.92 Å². The molecule has 0 bridgehead atoms. The molecule has 0 spiro atoms. The van der Waals surface area contributed by atoms with Gasteiger partial charge in [0.25, 0.3) is 5.91 Å². The lowest BCUT2D eigenvalue weighted by atomic mass is 9.94. The van der Waals surface area contributed by atoms with E-state index in [-0.39, 0.29) is 11.9 Å². The highest BCUT2D eigenvalue weighted by Gasteiger charge is 2.25. The fourth-order valence-electron chi connectivity index (χ4n) is 2.80. The molecule has 5 nitrogen and oxygen atoms in total. The number of nitrogens with two attached hydrogens (primary N) is 1. The lowest BCUT2D eigenvalue weighted by molar-refractivity contribution is 0.0884. The zero-order valence-electron chi connectivity index (χ0n) is 13.1. The molecule has 116 valence electrons. The van der Waals surface area contributed by atoms with E-state index in [1.54, 1.807) is 18.2 Å². The number of hydrogen-bond acceptors (Lipinski definition) is 4. The fraction of sp³-hybridized carbons (Fsp3) is 0.562. The maximum atomic E-state index is 12.3. The monoisotopic (exact) mass is 291 g/mol. The Labute approximate surface area is 126 Å². The quantitative estimate of drug-likeness (QED) is 0.829. The summed E-state index contributed by atoms with van der Waals surface area (Å²) in [6.07, 6.45) is 0.982. The van der Waals surface area contributed by atoms with Crippen molar-refractivity contribution in [3.05, 3.63) is 23.8 Å². The number of benzene rings is 1. The van der Waals surface area contributed by atoms with Gasteiger partial charge < -0.3 is 20.7 Å². The maximum absolute atomic E-state index is 12.3. The molecule has 0 radical (unpaired) electrons. The SMILES string of the molecule is CCOc1ccc(C(=O)NC2CCN(C)CC2C)cc1N. The van der Waals surface area contributed by atoms with Gasteiger partial charge in [0.2, 0.25) is 0 Å². The number of carbonyl (C=O) groups excluding carboxylic acids is 1. The van der Waals surface area contributed by atoms with Crippen molar-refractivity contribution < 1.29 is 9.53 Å². The minimum Gasteiger partial charge on any atom is -0.492 e. The third kappa shape index (κ3) is 3.88. The molecule has 21 heavy (non-hydrogen) atoms. The number of nitrogens with one attached hydrogen (secondary N) is 1. The van der Waals surface area contributed by atoms with Crippen LogP contribution in [-0.4, -0.2) is 43.6 Å². The second kappa shape index (κ2) is 6.80. The van der Waals surface area contributed by atoms with Gasteiger partial charge in [0.05, 0.1) is 12.3 Å². The van der Waals surface area contributed by atoms with Gasteiger partial charge in [-0.3, -0.25) is 4.79 Å². The van der Waals surface area contributed by atoms with E-state index in [0.717, 1.165) is 19.5 Å². The van der Waals surface area contributed by atoms with Gasteiger partial charge in [-0.05, 0) is 51.1 Å². The van der Waals surface area contributed by atoms with Gasteiger partial charge in [-0.2, -0.15) is 0 Å². The van der Waals surface area contributed by atoms with Gasteiger partial charge >= 0.3 is 0 Å². The molecule has 1 aliphatic rings. The number of nitrogen functional groups attached to an aromatic ring is 1. The summed E-state index contributed by atoms with van der Waals surface area (Å²) in [7, 11) is 2.11. The van der Waals surface area contributed by atoms with Crippen LogP contribution < -0.4 is 15.8 Å². The molecule has 0 aromatic heterocycles. The van der Waals surface area contributed by atoms with Gasteiger partial charge in [-0.1, -0.05) is 6.92 Å². The van der Waals surface area contributed by atoms with Gasteiger partial charge in [0.15, 0.2) is 0 Å². The molecule has 1 aromatic rings. The maximum Gasteiger partial charge on any atom is 0.251 e. The van der Waals surface area contributed by atoms with E-state index in [1.807, 2.05) is 6.92 Å². The van der Waals surface area contributed by atoms with E-state index in [1.165, 1.54) is 0 Å². The molecule has 2 unspecified atom stereocenters. The molecule has 1 aliphatic heterocycles. The normalized spacial score (nSPS) is 22.8. The first-order valence-electron chi connectivity index (χ1n) is 7.53. The molecule has 3 N–H and O–H groups in total. The number of hydrogen-bond donors (Lipinski definition) is 2. The van der Waals surface area contributed by atoms with Crippen LogP contribution in [0.1, 0.15) is 30.6 Å². The Balaban J connectivity index is 2.01. The minimum atomic E-state index is -0.0637. The summed E-state index contributed by atoms with van der Waals surface area (Å²) in [5, 5.41) is 3.12. The van der Waals surface area contributed by atoms with Gasteiger partial charge in [-0.15, -0.1) is 0 Å². The molecular formula is C16H25N3O2. The van der Waals surface area contributed by atoms with Crippen LogP contribution in [-0.2, 0) is 0 Å². The molecule has 0 saturated carbocycles. The summed E-state index contributed by atoms with van der Waals surface area (Å²) in [6, 6.07) is 5.42. The summed E-state index contributed by atoms with van der Waals surface area (Å²) in [4.78, 5) is 14.6. The smallest absolute Gasteiger partial charge is 0.251 e. The number of nitrogens with zero attached hydrogens (tertiary/aromatic N) is 1. The summed E-state index contributed by atoms with van der Waals surface area (Å²) >= 11 is 0. The Kier molecular flexibility index (Phi) is 5.07. The topological polar surface area (TPSA) is 67.6 Å². The summed E-state index contributed by atoms with van der Waals surface area (Å²) < 4.78 is 5.39. The third-order valence-corrected chi connectivity index (χ3v) is 4.00. The third-order valence-electron chi connectivity index (χ3n) is 4.00. The largest absolute Gasteiger partial charge is 0.492 e. The average Bonchev–Trinajstić information content (AvgIpc) is 2.44. The number of ether oxygens (including phenoxy) is 1. The molecule has 0 aliphatic carbocycles. The highest BCUT2D eigenvalue weighted by molar-refractivity contribution is 5.95. The first kappa shape index (κ1) is 15.6. The Morgan fingerprint density at radius 2 is 2.29 bits per heavy atom. The van der Waals surface area contributed by atoms with Crippen molar-refractivity contribution >= 4 is 11.6 Å². The standard InChI is InChI=1S/C16H25N3O2/c1-4-21-15-6-5-12(9-13(15)17)16(20)18-14-7-8-19(3)10-11(14)2/h5-6,9,11,14H,4,7-8,10,17H2,1-3H3,(H,18,20). The van der Waals surface area contributed by atoms with E-state index < -0.39 is 0 Å². The molecule has 1 saturated heterocycles. The number of piperidine rings is 1. The van der Waals surface area contributed by atoms with Crippen LogP contribution in [0.5, 0.6) is 5.75 Å². The molecule has 1 aromatic carbocycles. The molecule has 1 fully saturated rings. The Morgan fingerprint density at radius 1 is 1.52 bits per heavy atom. The van der Waals surface area contributed by atoms with Gasteiger partial charge in [-0.25, -0.2) is 0 Å². The predicted octanol–water partition coefficient (Wildman–Crippen LogP) is 1.74. The fourth-order valence-corrected chi connectivity index (χ4v) is 2.80. The van der Waals surface area contributed by atoms with Crippen molar-refractivity contribution in [1.29, 1.82) is 0 Å². The molecule has 1 heterocycles. The minimum absolute atomic E-state index is 0.0637. The summed E-state index contributed by atoms with van der Waals surface area (Å²) in [5.74, 6) is 1.01. The second-order valence-electron chi connectivity index (χ2n) is 5.79. The van der Waals surface area contributed by atoms with E-state index in [2.05, 4.69) is 24.2 Å². The predicted molar refractivity (Wildman–Crippen MR) is 84.6 cm³/mol. The zero-order valence-corrected chi connectivity index (χ0v) is 13.1. The van der Waals surface area contributed by atoms with Gasteiger partial charge in [0, 0.05) is 18.2 Å². The molecule has 2 atom stereocenters. The molecule has 2 rings (SSSR count). The van der Waals surface area contributed by atoms with Crippen LogP contribution >= 0.6 is 0 Å². The van der Waals surface area contributed by atoms with Gasteiger partial charge in [0.1, 0.15) is 5.75 Å². The Hall–Kier alpha value is -1.75. The first-order valence-corrected chi connectivity index (χ1v) is 7.53. The molecular weight excluding hydrogens is 266 g/mol. The van der Waals surface area contributed by atoms with Crippen LogP contribution in [0.4, 0.5) is 5.69 Å². The molecule has 1 amide bonds. The molecule has 5 heteroatoms. The van der Waals surface area contributed by atoms with E-state index in [9.17, 15) is 4.79 Å². The highest BCUT2D eigenvalue weighted by Crippen LogP contribution is 2.23. The number of carbonyl (C=O) groups is 1. The summed E-state index contributed by atoms with van der Waals surface area (Å²) in [6.45, 7) is 6.66. The van der Waals surface area contributed by atoms with E-state index >= 15 is 0 Å². The zero-order chi connectivity index (χ0) is 15.4. The summed E-state index contributed by atoms with van der Waals surface area (Å²) in [5.41, 5.74) is 7.00. The second-order valence-corrected chi connectivity index (χ2v) is 5.79. The number of amides is 1. The van der Waals surface area contributed by atoms with E-state index in [4.69, 9.17) is 10.5 Å². The first-order chi connectivity index (χ1) is 10.0. The lowest BCUT2D eigenvalue weighted by Crippen LogP contribution is -2.48. The number of rotatable bonds is 4. The Bertz CT molecular complexity index is 504. The van der Waals surface area contributed by atoms with Crippen LogP contribution in [0.2, 0.25) is 0 Å². The number of anilines is 1. The average molecular weight is 291 g/mol. The van der Waals surface area contributed by atoms with Crippen molar-refractivity contribution in [2.45, 2.75) is 26.3 Å². The van der Waals surface area contributed by atoms with E-state index in [0.29, 0.717) is 29.5 Å². The van der Waals surface area contributed by atoms with Crippen LogP contribution in [0.25, 0.3) is 0 Å². The highest BCUT2D eigenvalue weighted by atomic mass is 16.5. The van der Waals surface area contributed by atoms with Crippen LogP contribution in [0.15, 0.2) is 18.2 Å².